The second kappa shape index (κ2) is 14.1. The van der Waals surface area contributed by atoms with Crippen LogP contribution in [-0.2, 0) is 12.3 Å². The number of benzene rings is 2. The molecule has 0 aliphatic carbocycles. The Balaban J connectivity index is 0.000000945. The molecule has 0 radical (unpaired) electrons. The zero-order valence-corrected chi connectivity index (χ0v) is 24.1. The van der Waals surface area contributed by atoms with E-state index in [2.05, 4.69) is 64.1 Å². The number of hydrogen-bond acceptors (Lipinski definition) is 3. The van der Waals surface area contributed by atoms with Gasteiger partial charge in [-0.1, -0.05) is 70.2 Å². The Morgan fingerprint density at radius 2 is 1.00 bits per heavy atom. The molecule has 0 fully saturated rings. The van der Waals surface area contributed by atoms with Gasteiger partial charge >= 0.3 is 41.8 Å². The van der Waals surface area contributed by atoms with Crippen LogP contribution >= 0.6 is 29.5 Å². The molecule has 7 heteroatoms. The van der Waals surface area contributed by atoms with Crippen molar-refractivity contribution >= 4 is 52.3 Å². The number of pyridine rings is 1. The van der Waals surface area contributed by atoms with Crippen molar-refractivity contribution in [2.75, 3.05) is 0 Å². The molecule has 0 atom stereocenters. The Morgan fingerprint density at radius 1 is 0.647 bits per heavy atom. The predicted octanol–water partition coefficient (Wildman–Crippen LogP) is 9.68. The van der Waals surface area contributed by atoms with E-state index in [9.17, 15) is 0 Å². The van der Waals surface area contributed by atoms with Gasteiger partial charge in [-0.2, -0.15) is 0 Å². The molecular formula is C27H31Cl3N3V. The summed E-state index contributed by atoms with van der Waals surface area (Å²) in [5.41, 5.74) is 8.06. The van der Waals surface area contributed by atoms with Crippen molar-refractivity contribution in [2.24, 2.45) is 9.98 Å². The van der Waals surface area contributed by atoms with E-state index < -0.39 is 12.3 Å². The molecule has 0 saturated heterocycles. The Bertz CT molecular complexity index is 1060. The number of aromatic nitrogens is 1. The molecule has 0 saturated carbocycles. The SMILES string of the molecule is CC(=Nc1ccccc1C(C)C)c1cccc(C(C)=Nc2ccccc2C(C)C)n1.[Cl][V]([Cl])[Cl]. The van der Waals surface area contributed by atoms with Crippen LogP contribution in [0.1, 0.15) is 75.9 Å². The van der Waals surface area contributed by atoms with Gasteiger partial charge in [-0.15, -0.1) is 0 Å². The van der Waals surface area contributed by atoms with Crippen LogP contribution in [0, 0.1) is 0 Å². The first-order valence-electron chi connectivity index (χ1n) is 11.1. The molecule has 3 rings (SSSR count). The molecule has 1 aromatic heterocycles. The van der Waals surface area contributed by atoms with Gasteiger partial charge in [-0.05, 0) is 61.1 Å². The summed E-state index contributed by atoms with van der Waals surface area (Å²) in [5, 5.41) is 0. The second-order valence-electron chi connectivity index (χ2n) is 8.42. The molecule has 3 aromatic rings. The molecule has 1 heterocycles. The molecule has 0 unspecified atom stereocenters. The number of para-hydroxylation sites is 2. The molecule has 0 aliphatic heterocycles. The van der Waals surface area contributed by atoms with Crippen molar-refractivity contribution in [2.45, 2.75) is 53.4 Å². The predicted molar refractivity (Wildman–Crippen MR) is 147 cm³/mol. The summed E-state index contributed by atoms with van der Waals surface area (Å²) in [6.45, 7) is 12.8. The van der Waals surface area contributed by atoms with Crippen LogP contribution in [0.2, 0.25) is 0 Å². The maximum absolute atomic E-state index is 4.95. The molecule has 0 bridgehead atoms. The van der Waals surface area contributed by atoms with Gasteiger partial charge in [0.1, 0.15) is 0 Å². The Kier molecular flexibility index (Phi) is 11.8. The van der Waals surface area contributed by atoms with E-state index in [4.69, 9.17) is 44.5 Å². The van der Waals surface area contributed by atoms with Crippen LogP contribution in [0.5, 0.6) is 0 Å². The van der Waals surface area contributed by atoms with Crippen LogP contribution in [0.3, 0.4) is 0 Å². The van der Waals surface area contributed by atoms with Gasteiger partial charge in [-0.3, -0.25) is 9.98 Å². The first-order valence-corrected chi connectivity index (χ1v) is 16.9. The minimum atomic E-state index is -1.77. The first kappa shape index (κ1) is 28.6. The number of halogens is 3. The third-order valence-corrected chi connectivity index (χ3v) is 5.18. The topological polar surface area (TPSA) is 37.6 Å². The Hall–Kier alpha value is -1.62. The molecule has 2 aromatic carbocycles. The Labute approximate surface area is 221 Å². The van der Waals surface area contributed by atoms with Gasteiger partial charge < -0.3 is 0 Å². The number of aliphatic imine (C=N–C) groups is 2. The molecule has 3 nitrogen and oxygen atoms in total. The van der Waals surface area contributed by atoms with Gasteiger partial charge in [0.2, 0.25) is 0 Å². The van der Waals surface area contributed by atoms with Crippen LogP contribution in [0.4, 0.5) is 11.4 Å². The standard InChI is InChI=1S/C27H31N3.3ClH.V/c1-18(2)22-12-7-9-14-26(22)28-20(5)24-16-11-17-25(30-24)21(6)29-27-15-10-8-13-23(27)19(3)4;;;;/h7-19H,1-6H3;3*1H;/q;;;;+3/p-3. The quantitative estimate of drug-likeness (QED) is 0.279. The zero-order chi connectivity index (χ0) is 25.3. The first-order chi connectivity index (χ1) is 16.1. The fourth-order valence-electron chi connectivity index (χ4n) is 3.47. The molecule has 0 aliphatic rings. The monoisotopic (exact) mass is 553 g/mol. The summed E-state index contributed by atoms with van der Waals surface area (Å²) in [5.74, 6) is 0.847. The summed E-state index contributed by atoms with van der Waals surface area (Å²) in [7, 11) is 14.9. The zero-order valence-electron chi connectivity index (χ0n) is 20.4. The fraction of sp³-hybridized carbons (Fsp3) is 0.296. The van der Waals surface area contributed by atoms with E-state index in [-0.39, 0.29) is 0 Å². The summed E-state index contributed by atoms with van der Waals surface area (Å²) in [4.78, 5) is 14.6. The van der Waals surface area contributed by atoms with Crippen molar-refractivity contribution in [3.05, 3.63) is 89.2 Å². The fourth-order valence-corrected chi connectivity index (χ4v) is 3.47. The summed E-state index contributed by atoms with van der Waals surface area (Å²) < 4.78 is 0. The Morgan fingerprint density at radius 3 is 1.35 bits per heavy atom. The van der Waals surface area contributed by atoms with Gasteiger partial charge in [0.05, 0.1) is 34.2 Å². The van der Waals surface area contributed by atoms with Gasteiger partial charge in [-0.25, -0.2) is 4.98 Å². The maximum atomic E-state index is 4.95. The van der Waals surface area contributed by atoms with E-state index in [1.807, 2.05) is 44.2 Å². The van der Waals surface area contributed by atoms with E-state index in [0.29, 0.717) is 11.8 Å². The van der Waals surface area contributed by atoms with Crippen molar-refractivity contribution in [3.8, 4) is 0 Å². The third-order valence-electron chi connectivity index (χ3n) is 5.18. The summed E-state index contributed by atoms with van der Waals surface area (Å²) >= 11 is -1.77. The van der Waals surface area contributed by atoms with E-state index in [1.54, 1.807) is 0 Å². The second-order valence-corrected chi connectivity index (χ2v) is 15.3. The number of hydrogen-bond donors (Lipinski definition) is 0. The van der Waals surface area contributed by atoms with Crippen LogP contribution < -0.4 is 0 Å². The third kappa shape index (κ3) is 8.87. The molecule has 0 spiro atoms. The van der Waals surface area contributed by atoms with Crippen molar-refractivity contribution in [1.29, 1.82) is 0 Å². The van der Waals surface area contributed by atoms with Crippen LogP contribution in [0.25, 0.3) is 0 Å². The molecule has 0 N–H and O–H groups in total. The summed E-state index contributed by atoms with van der Waals surface area (Å²) in [6, 6.07) is 22.7. The van der Waals surface area contributed by atoms with E-state index in [0.717, 1.165) is 34.2 Å². The van der Waals surface area contributed by atoms with Gasteiger partial charge in [0, 0.05) is 0 Å². The molecule has 0 amide bonds. The summed E-state index contributed by atoms with van der Waals surface area (Å²) in [6.07, 6.45) is 0. The van der Waals surface area contributed by atoms with Crippen LogP contribution in [-0.4, -0.2) is 16.4 Å². The normalized spacial score (nSPS) is 12.2. The van der Waals surface area contributed by atoms with Crippen LogP contribution in [0.15, 0.2) is 76.7 Å². The number of rotatable bonds is 6. The average molecular weight is 555 g/mol. The van der Waals surface area contributed by atoms with E-state index >= 15 is 0 Å². The average Bonchev–Trinajstić information content (AvgIpc) is 2.79. The van der Waals surface area contributed by atoms with Gasteiger partial charge in [0.15, 0.2) is 0 Å². The number of nitrogens with zero attached hydrogens (tertiary/aromatic N) is 3. The van der Waals surface area contributed by atoms with Crippen molar-refractivity contribution < 1.29 is 12.3 Å². The van der Waals surface area contributed by atoms with E-state index in [1.165, 1.54) is 11.1 Å². The molecule has 180 valence electrons. The molecule has 34 heavy (non-hydrogen) atoms. The minimum absolute atomic E-state index is 0.424. The van der Waals surface area contributed by atoms with Gasteiger partial charge in [0.25, 0.3) is 0 Å². The van der Waals surface area contributed by atoms with Crippen molar-refractivity contribution in [3.63, 3.8) is 0 Å². The molecular weight excluding hydrogens is 524 g/mol. The van der Waals surface area contributed by atoms with Crippen molar-refractivity contribution in [1.82, 2.24) is 4.98 Å².